The fourth-order valence-electron chi connectivity index (χ4n) is 1.71. The van der Waals surface area contributed by atoms with Gasteiger partial charge >= 0.3 is 0 Å². The first-order chi connectivity index (χ1) is 7.43. The highest BCUT2D eigenvalue weighted by Gasteiger charge is 2.21. The smallest absolute Gasteiger partial charge is 0.0701 e. The molecule has 1 saturated heterocycles. The summed E-state index contributed by atoms with van der Waals surface area (Å²) in [6.45, 7) is 1.11. The summed E-state index contributed by atoms with van der Waals surface area (Å²) in [6, 6.07) is 15.2. The van der Waals surface area contributed by atoms with Gasteiger partial charge in [0, 0.05) is 24.3 Å². The maximum absolute atomic E-state index is 4.32. The van der Waals surface area contributed by atoms with Gasteiger partial charge in [0.05, 0.1) is 5.69 Å². The monoisotopic (exact) mass is 196 g/mol. The van der Waals surface area contributed by atoms with Crippen LogP contribution in [0, 0.1) is 0 Å². The maximum Gasteiger partial charge on any atom is 0.0701 e. The molecule has 1 N–H and O–H groups in total. The summed E-state index contributed by atoms with van der Waals surface area (Å²) in [4.78, 5) is 4.32. The van der Waals surface area contributed by atoms with Gasteiger partial charge in [-0.15, -0.1) is 0 Å². The van der Waals surface area contributed by atoms with Gasteiger partial charge in [-0.25, -0.2) is 0 Å². The quantitative estimate of drug-likeness (QED) is 0.748. The SMILES string of the molecule is c1ccc(-c2ccc([C@H]3CN3)cc2)nc1. The molecule has 0 saturated carbocycles. The van der Waals surface area contributed by atoms with Gasteiger partial charge in [-0.3, -0.25) is 4.98 Å². The number of nitrogens with zero attached hydrogens (tertiary/aromatic N) is 1. The molecule has 1 aliphatic heterocycles. The molecule has 0 radical (unpaired) electrons. The molecule has 1 aliphatic rings. The molecule has 0 spiro atoms. The van der Waals surface area contributed by atoms with Crippen molar-refractivity contribution in [1.82, 2.24) is 10.3 Å². The minimum atomic E-state index is 0.586. The molecule has 1 atom stereocenters. The van der Waals surface area contributed by atoms with Gasteiger partial charge in [-0.05, 0) is 17.7 Å². The summed E-state index contributed by atoms with van der Waals surface area (Å²) in [5.41, 5.74) is 3.59. The highest BCUT2D eigenvalue weighted by Crippen LogP contribution is 2.24. The summed E-state index contributed by atoms with van der Waals surface area (Å²) >= 11 is 0. The number of hydrogen-bond acceptors (Lipinski definition) is 2. The molecular formula is C13H12N2. The van der Waals surface area contributed by atoms with Crippen LogP contribution in [-0.4, -0.2) is 11.5 Å². The Labute approximate surface area is 89.0 Å². The molecule has 74 valence electrons. The van der Waals surface area contributed by atoms with E-state index in [1.807, 2.05) is 24.4 Å². The minimum absolute atomic E-state index is 0.586. The zero-order valence-corrected chi connectivity index (χ0v) is 8.35. The lowest BCUT2D eigenvalue weighted by Crippen LogP contribution is -1.85. The summed E-state index contributed by atoms with van der Waals surface area (Å²) in [5.74, 6) is 0. The number of hydrogen-bond donors (Lipinski definition) is 1. The Hall–Kier alpha value is -1.67. The van der Waals surface area contributed by atoms with Crippen LogP contribution >= 0.6 is 0 Å². The number of aromatic nitrogens is 1. The Bertz CT molecular complexity index is 444. The molecule has 15 heavy (non-hydrogen) atoms. The molecule has 1 aromatic carbocycles. The third kappa shape index (κ3) is 1.76. The minimum Gasteiger partial charge on any atom is -0.307 e. The fourth-order valence-corrected chi connectivity index (χ4v) is 1.71. The van der Waals surface area contributed by atoms with Crippen LogP contribution in [0.5, 0.6) is 0 Å². The van der Waals surface area contributed by atoms with Crippen LogP contribution in [0.3, 0.4) is 0 Å². The Kier molecular flexibility index (Phi) is 2.00. The van der Waals surface area contributed by atoms with Crippen molar-refractivity contribution in [1.29, 1.82) is 0 Å². The van der Waals surface area contributed by atoms with E-state index in [0.29, 0.717) is 6.04 Å². The van der Waals surface area contributed by atoms with Crippen LogP contribution in [0.15, 0.2) is 48.7 Å². The van der Waals surface area contributed by atoms with Crippen LogP contribution in [0.4, 0.5) is 0 Å². The topological polar surface area (TPSA) is 34.8 Å². The van der Waals surface area contributed by atoms with E-state index in [-0.39, 0.29) is 0 Å². The van der Waals surface area contributed by atoms with Crippen molar-refractivity contribution < 1.29 is 0 Å². The van der Waals surface area contributed by atoms with Crippen molar-refractivity contribution in [3.05, 3.63) is 54.2 Å². The van der Waals surface area contributed by atoms with Crippen LogP contribution in [0.25, 0.3) is 11.3 Å². The Morgan fingerprint density at radius 2 is 1.87 bits per heavy atom. The van der Waals surface area contributed by atoms with E-state index in [9.17, 15) is 0 Å². The van der Waals surface area contributed by atoms with Gasteiger partial charge < -0.3 is 5.32 Å². The largest absolute Gasteiger partial charge is 0.307 e. The first-order valence-corrected chi connectivity index (χ1v) is 5.18. The summed E-state index contributed by atoms with van der Waals surface area (Å²) in [7, 11) is 0. The fraction of sp³-hybridized carbons (Fsp3) is 0.154. The standard InChI is InChI=1S/C13H12N2/c1-2-8-14-12(3-1)10-4-6-11(7-5-10)13-9-15-13/h1-8,13,15H,9H2/t13-/m1/s1. The van der Waals surface area contributed by atoms with Crippen molar-refractivity contribution in [3.8, 4) is 11.3 Å². The van der Waals surface area contributed by atoms with E-state index in [1.54, 1.807) is 0 Å². The normalized spacial score (nSPS) is 18.8. The second kappa shape index (κ2) is 3.48. The zero-order valence-electron chi connectivity index (χ0n) is 8.35. The van der Waals surface area contributed by atoms with E-state index < -0.39 is 0 Å². The lowest BCUT2D eigenvalue weighted by Gasteiger charge is -2.01. The average molecular weight is 196 g/mol. The van der Waals surface area contributed by atoms with Gasteiger partial charge in [-0.2, -0.15) is 0 Å². The van der Waals surface area contributed by atoms with Gasteiger partial charge in [0.2, 0.25) is 0 Å². The lowest BCUT2D eigenvalue weighted by molar-refractivity contribution is 1.08. The summed E-state index contributed by atoms with van der Waals surface area (Å²) < 4.78 is 0. The van der Waals surface area contributed by atoms with Crippen LogP contribution in [-0.2, 0) is 0 Å². The van der Waals surface area contributed by atoms with Crippen molar-refractivity contribution in [2.24, 2.45) is 0 Å². The molecule has 0 unspecified atom stereocenters. The summed E-state index contributed by atoms with van der Waals surface area (Å²) in [5, 5.41) is 3.29. The van der Waals surface area contributed by atoms with Crippen LogP contribution in [0.1, 0.15) is 11.6 Å². The predicted octanol–water partition coefficient (Wildman–Crippen LogP) is 2.39. The van der Waals surface area contributed by atoms with Crippen LogP contribution < -0.4 is 5.32 Å². The van der Waals surface area contributed by atoms with Crippen molar-refractivity contribution in [2.45, 2.75) is 6.04 Å². The zero-order chi connectivity index (χ0) is 10.1. The molecule has 0 aliphatic carbocycles. The Morgan fingerprint density at radius 1 is 1.07 bits per heavy atom. The first-order valence-electron chi connectivity index (χ1n) is 5.18. The number of benzene rings is 1. The number of pyridine rings is 1. The van der Waals surface area contributed by atoms with E-state index in [1.165, 1.54) is 11.1 Å². The van der Waals surface area contributed by atoms with E-state index >= 15 is 0 Å². The summed E-state index contributed by atoms with van der Waals surface area (Å²) in [6.07, 6.45) is 1.83. The maximum atomic E-state index is 4.32. The first kappa shape index (κ1) is 8.62. The highest BCUT2D eigenvalue weighted by molar-refractivity contribution is 5.59. The van der Waals surface area contributed by atoms with E-state index in [4.69, 9.17) is 0 Å². The molecule has 2 heteroatoms. The van der Waals surface area contributed by atoms with Crippen molar-refractivity contribution >= 4 is 0 Å². The second-order valence-electron chi connectivity index (χ2n) is 3.80. The molecule has 1 fully saturated rings. The molecule has 1 aromatic heterocycles. The number of nitrogens with one attached hydrogen (secondary N) is 1. The third-order valence-electron chi connectivity index (χ3n) is 2.68. The molecule has 2 aromatic rings. The van der Waals surface area contributed by atoms with E-state index in [0.717, 1.165) is 12.2 Å². The highest BCUT2D eigenvalue weighted by atomic mass is 15.1. The van der Waals surface area contributed by atoms with Gasteiger partial charge in [0.15, 0.2) is 0 Å². The number of rotatable bonds is 2. The third-order valence-corrected chi connectivity index (χ3v) is 2.68. The van der Waals surface area contributed by atoms with Gasteiger partial charge in [0.25, 0.3) is 0 Å². The second-order valence-corrected chi connectivity index (χ2v) is 3.80. The molecule has 2 nitrogen and oxygen atoms in total. The molecule has 0 amide bonds. The van der Waals surface area contributed by atoms with Gasteiger partial charge in [-0.1, -0.05) is 30.3 Å². The Morgan fingerprint density at radius 3 is 2.47 bits per heavy atom. The predicted molar refractivity (Wildman–Crippen MR) is 60.4 cm³/mol. The molecule has 2 heterocycles. The molecular weight excluding hydrogens is 184 g/mol. The lowest BCUT2D eigenvalue weighted by atomic mass is 10.1. The van der Waals surface area contributed by atoms with Gasteiger partial charge in [0.1, 0.15) is 0 Å². The Balaban J connectivity index is 1.93. The van der Waals surface area contributed by atoms with Crippen molar-refractivity contribution in [3.63, 3.8) is 0 Å². The molecule has 3 rings (SSSR count). The molecule has 0 bridgehead atoms. The van der Waals surface area contributed by atoms with Crippen molar-refractivity contribution in [2.75, 3.05) is 6.54 Å². The van der Waals surface area contributed by atoms with Crippen LogP contribution in [0.2, 0.25) is 0 Å². The van der Waals surface area contributed by atoms with E-state index in [2.05, 4.69) is 34.6 Å². The average Bonchev–Trinajstić information content (AvgIpc) is 3.15.